The molecule has 9 nitrogen and oxygen atoms in total. The second kappa shape index (κ2) is 9.03. The van der Waals surface area contributed by atoms with Gasteiger partial charge in [0.2, 0.25) is 0 Å². The smallest absolute Gasteiger partial charge is 0.342 e. The van der Waals surface area contributed by atoms with Gasteiger partial charge in [0.15, 0.2) is 0 Å². The highest BCUT2D eigenvalue weighted by Gasteiger charge is 2.27. The van der Waals surface area contributed by atoms with E-state index in [1.54, 1.807) is 13.0 Å². The summed E-state index contributed by atoms with van der Waals surface area (Å²) in [5, 5.41) is 5.89. The lowest BCUT2D eigenvalue weighted by atomic mass is 10.1. The molecule has 0 bridgehead atoms. The number of pyridine rings is 1. The number of nitrogens with zero attached hydrogens (tertiary/aromatic N) is 2. The molecule has 2 amide bonds. The maximum absolute atomic E-state index is 13.0. The molecule has 31 heavy (non-hydrogen) atoms. The Balaban J connectivity index is 1.61. The normalized spacial score (nSPS) is 16.2. The standard InChI is InChI=1S/C22H24N4O5/c1-2-30-21(28)16-12-23-22(29)25-18(16)13-31-20(27)15-11-14-7-3-4-8-17(14)24-19(15)26-9-5-6-10-26/h3-4,7-8,11H,2,5-6,9-10,12-13H2,1H3,(H2,23,25,29). The number of amides is 2. The van der Waals surface area contributed by atoms with E-state index in [0.29, 0.717) is 11.4 Å². The second-order valence-electron chi connectivity index (χ2n) is 7.31. The molecule has 2 aliphatic heterocycles. The fourth-order valence-corrected chi connectivity index (χ4v) is 3.71. The van der Waals surface area contributed by atoms with Crippen molar-refractivity contribution in [3.05, 3.63) is 47.2 Å². The van der Waals surface area contributed by atoms with Crippen LogP contribution in [0.2, 0.25) is 0 Å². The van der Waals surface area contributed by atoms with E-state index in [-0.39, 0.29) is 31.0 Å². The zero-order chi connectivity index (χ0) is 21.8. The molecule has 0 aliphatic carbocycles. The lowest BCUT2D eigenvalue weighted by Gasteiger charge is -2.22. The minimum Gasteiger partial charge on any atom is -0.463 e. The average Bonchev–Trinajstić information content (AvgIpc) is 3.31. The number of anilines is 1. The van der Waals surface area contributed by atoms with Gasteiger partial charge < -0.3 is 25.0 Å². The number of hydrogen-bond acceptors (Lipinski definition) is 7. The van der Waals surface area contributed by atoms with Crippen LogP contribution in [0.3, 0.4) is 0 Å². The molecule has 2 N–H and O–H groups in total. The first-order valence-corrected chi connectivity index (χ1v) is 10.3. The van der Waals surface area contributed by atoms with E-state index >= 15 is 0 Å². The Labute approximate surface area is 179 Å². The highest BCUT2D eigenvalue weighted by atomic mass is 16.5. The Morgan fingerprint density at radius 2 is 1.90 bits per heavy atom. The van der Waals surface area contributed by atoms with Gasteiger partial charge >= 0.3 is 18.0 Å². The number of urea groups is 1. The molecule has 0 radical (unpaired) electrons. The van der Waals surface area contributed by atoms with Gasteiger partial charge in [-0.1, -0.05) is 18.2 Å². The van der Waals surface area contributed by atoms with E-state index in [4.69, 9.17) is 14.5 Å². The maximum atomic E-state index is 13.0. The van der Waals surface area contributed by atoms with E-state index in [0.717, 1.165) is 36.8 Å². The first-order chi connectivity index (χ1) is 15.1. The Kier molecular flexibility index (Phi) is 6.01. The molecule has 3 heterocycles. The number of nitrogens with one attached hydrogen (secondary N) is 2. The van der Waals surface area contributed by atoms with E-state index in [1.807, 2.05) is 24.3 Å². The number of hydrogen-bond donors (Lipinski definition) is 2. The van der Waals surface area contributed by atoms with Crippen LogP contribution in [-0.2, 0) is 14.3 Å². The summed E-state index contributed by atoms with van der Waals surface area (Å²) in [7, 11) is 0. The van der Waals surface area contributed by atoms with Gasteiger partial charge in [0, 0.05) is 18.5 Å². The molecular weight excluding hydrogens is 400 g/mol. The van der Waals surface area contributed by atoms with Crippen LogP contribution < -0.4 is 15.5 Å². The third-order valence-electron chi connectivity index (χ3n) is 5.25. The second-order valence-corrected chi connectivity index (χ2v) is 7.31. The summed E-state index contributed by atoms with van der Waals surface area (Å²) in [6.07, 6.45) is 2.08. The van der Waals surface area contributed by atoms with Crippen LogP contribution in [0.25, 0.3) is 10.9 Å². The van der Waals surface area contributed by atoms with Crippen LogP contribution in [0.4, 0.5) is 10.6 Å². The number of rotatable bonds is 6. The Hall–Kier alpha value is -3.62. The minimum atomic E-state index is -0.566. The molecule has 1 aromatic heterocycles. The van der Waals surface area contributed by atoms with Gasteiger partial charge in [0.05, 0.1) is 29.9 Å². The van der Waals surface area contributed by atoms with Crippen LogP contribution in [0, 0.1) is 0 Å². The monoisotopic (exact) mass is 424 g/mol. The fourth-order valence-electron chi connectivity index (χ4n) is 3.71. The van der Waals surface area contributed by atoms with E-state index in [1.165, 1.54) is 0 Å². The molecular formula is C22H24N4O5. The third kappa shape index (κ3) is 4.45. The largest absolute Gasteiger partial charge is 0.463 e. The Bertz CT molecular complexity index is 1060. The number of ether oxygens (including phenoxy) is 2. The van der Waals surface area contributed by atoms with Crippen molar-refractivity contribution in [2.24, 2.45) is 0 Å². The first kappa shape index (κ1) is 20.6. The number of carbonyl (C=O) groups is 3. The number of esters is 2. The van der Waals surface area contributed by atoms with Crippen molar-refractivity contribution in [1.29, 1.82) is 0 Å². The van der Waals surface area contributed by atoms with Crippen molar-refractivity contribution >= 4 is 34.7 Å². The van der Waals surface area contributed by atoms with Crippen LogP contribution in [0.15, 0.2) is 41.6 Å². The molecule has 2 aromatic rings. The lowest BCUT2D eigenvalue weighted by Crippen LogP contribution is -2.45. The third-order valence-corrected chi connectivity index (χ3v) is 5.25. The number of benzene rings is 1. The Morgan fingerprint density at radius 1 is 1.13 bits per heavy atom. The summed E-state index contributed by atoms with van der Waals surface area (Å²) in [5.74, 6) is -0.537. The first-order valence-electron chi connectivity index (χ1n) is 10.3. The van der Waals surface area contributed by atoms with Crippen LogP contribution in [0.1, 0.15) is 30.1 Å². The molecule has 0 spiro atoms. The zero-order valence-corrected chi connectivity index (χ0v) is 17.3. The van der Waals surface area contributed by atoms with Crippen molar-refractivity contribution in [3.63, 3.8) is 0 Å². The Morgan fingerprint density at radius 3 is 2.68 bits per heavy atom. The van der Waals surface area contributed by atoms with Crippen molar-refractivity contribution in [2.45, 2.75) is 19.8 Å². The zero-order valence-electron chi connectivity index (χ0n) is 17.3. The number of fused-ring (bicyclic) bond motifs is 1. The van der Waals surface area contributed by atoms with Gasteiger partial charge in [-0.2, -0.15) is 0 Å². The van der Waals surface area contributed by atoms with E-state index in [2.05, 4.69) is 15.5 Å². The summed E-state index contributed by atoms with van der Waals surface area (Å²) in [5.41, 5.74) is 1.61. The summed E-state index contributed by atoms with van der Waals surface area (Å²) in [6.45, 7) is 3.29. The van der Waals surface area contributed by atoms with E-state index in [9.17, 15) is 14.4 Å². The molecule has 4 rings (SSSR count). The molecule has 0 saturated carbocycles. The fraction of sp³-hybridized carbons (Fsp3) is 0.364. The van der Waals surface area contributed by atoms with Gasteiger partial charge in [0.25, 0.3) is 0 Å². The summed E-state index contributed by atoms with van der Waals surface area (Å²) >= 11 is 0. The van der Waals surface area contributed by atoms with Gasteiger partial charge in [-0.3, -0.25) is 0 Å². The highest BCUT2D eigenvalue weighted by molar-refractivity contribution is 5.99. The molecule has 0 unspecified atom stereocenters. The van der Waals surface area contributed by atoms with Crippen LogP contribution in [0.5, 0.6) is 0 Å². The van der Waals surface area contributed by atoms with Crippen LogP contribution in [-0.4, -0.2) is 55.8 Å². The van der Waals surface area contributed by atoms with Crippen molar-refractivity contribution in [3.8, 4) is 0 Å². The van der Waals surface area contributed by atoms with Crippen molar-refractivity contribution < 1.29 is 23.9 Å². The van der Waals surface area contributed by atoms with E-state index < -0.39 is 18.0 Å². The highest BCUT2D eigenvalue weighted by Crippen LogP contribution is 2.27. The summed E-state index contributed by atoms with van der Waals surface area (Å²) in [4.78, 5) is 43.7. The molecule has 0 atom stereocenters. The SMILES string of the molecule is CCOC(=O)C1=C(COC(=O)c2cc3ccccc3nc2N2CCCC2)NC(=O)NC1. The quantitative estimate of drug-likeness (QED) is 0.684. The number of para-hydroxylation sites is 1. The van der Waals surface area contributed by atoms with Crippen LogP contribution >= 0.6 is 0 Å². The van der Waals surface area contributed by atoms with Gasteiger partial charge in [0.1, 0.15) is 18.0 Å². The molecule has 162 valence electrons. The maximum Gasteiger partial charge on any atom is 0.342 e. The van der Waals surface area contributed by atoms with Gasteiger partial charge in [-0.25, -0.2) is 19.4 Å². The topological polar surface area (TPSA) is 110 Å². The molecule has 9 heteroatoms. The summed E-state index contributed by atoms with van der Waals surface area (Å²) in [6, 6.07) is 8.90. The predicted octanol–water partition coefficient (Wildman–Crippen LogP) is 2.12. The average molecular weight is 424 g/mol. The van der Waals surface area contributed by atoms with Gasteiger partial charge in [-0.05, 0) is 31.9 Å². The lowest BCUT2D eigenvalue weighted by molar-refractivity contribution is -0.138. The number of aromatic nitrogens is 1. The molecule has 2 aliphatic rings. The summed E-state index contributed by atoms with van der Waals surface area (Å²) < 4.78 is 10.5. The minimum absolute atomic E-state index is 0.00804. The number of carbonyl (C=O) groups excluding carboxylic acids is 3. The van der Waals surface area contributed by atoms with Crippen molar-refractivity contribution in [1.82, 2.24) is 15.6 Å². The molecule has 1 fully saturated rings. The predicted molar refractivity (Wildman–Crippen MR) is 114 cm³/mol. The molecule has 1 saturated heterocycles. The molecule has 1 aromatic carbocycles. The van der Waals surface area contributed by atoms with Crippen molar-refractivity contribution in [2.75, 3.05) is 37.7 Å². The van der Waals surface area contributed by atoms with Gasteiger partial charge in [-0.15, -0.1) is 0 Å².